The Labute approximate surface area is 169 Å². The first-order valence-corrected chi connectivity index (χ1v) is 10.6. The van der Waals surface area contributed by atoms with Gasteiger partial charge in [0.25, 0.3) is 5.91 Å². The van der Waals surface area contributed by atoms with Crippen molar-refractivity contribution in [2.75, 3.05) is 13.2 Å². The van der Waals surface area contributed by atoms with Crippen molar-refractivity contribution in [2.45, 2.75) is 31.2 Å². The average Bonchev–Trinajstić information content (AvgIpc) is 2.66. The topological polar surface area (TPSA) is 84.5 Å². The molecule has 0 aliphatic carbocycles. The molecule has 28 heavy (non-hydrogen) atoms. The molecule has 2 N–H and O–H groups in total. The molecule has 6 nitrogen and oxygen atoms in total. The second-order valence-electron chi connectivity index (χ2n) is 6.04. The summed E-state index contributed by atoms with van der Waals surface area (Å²) in [6.07, 6.45) is 1.61. The van der Waals surface area contributed by atoms with Gasteiger partial charge in [0, 0.05) is 13.1 Å². The largest absolute Gasteiger partial charge is 0.482 e. The number of unbranched alkanes of at least 4 members (excludes halogenated alkanes) is 1. The molecule has 9 heteroatoms. The molecule has 2 aromatic carbocycles. The molecule has 0 unspecified atom stereocenters. The standard InChI is InChI=1S/C19H22ClFN2O4S/c1-2-3-10-23-28(25,26)16-8-9-18(17(20)11-16)27-13-19(24)22-12-14-4-6-15(21)7-5-14/h4-9,11,23H,2-3,10,12-13H2,1H3,(H,22,24). The van der Waals surface area contributed by atoms with E-state index in [1.165, 1.54) is 30.3 Å². The van der Waals surface area contributed by atoms with Crippen LogP contribution in [0.1, 0.15) is 25.3 Å². The summed E-state index contributed by atoms with van der Waals surface area (Å²) in [7, 11) is -3.64. The lowest BCUT2D eigenvalue weighted by Crippen LogP contribution is -2.28. The Morgan fingerprint density at radius 1 is 1.18 bits per heavy atom. The minimum Gasteiger partial charge on any atom is -0.482 e. The van der Waals surface area contributed by atoms with Gasteiger partial charge in [-0.1, -0.05) is 37.1 Å². The fraction of sp³-hybridized carbons (Fsp3) is 0.316. The lowest BCUT2D eigenvalue weighted by molar-refractivity contribution is -0.123. The average molecular weight is 429 g/mol. The van der Waals surface area contributed by atoms with Gasteiger partial charge in [-0.15, -0.1) is 0 Å². The van der Waals surface area contributed by atoms with Gasteiger partial charge < -0.3 is 10.1 Å². The molecule has 0 saturated carbocycles. The molecule has 0 heterocycles. The molecule has 1 amide bonds. The summed E-state index contributed by atoms with van der Waals surface area (Å²) >= 11 is 6.08. The zero-order valence-corrected chi connectivity index (χ0v) is 16.9. The van der Waals surface area contributed by atoms with Gasteiger partial charge in [-0.2, -0.15) is 0 Å². The van der Waals surface area contributed by atoms with Gasteiger partial charge in [0.15, 0.2) is 6.61 Å². The Bertz CT molecular complexity index is 905. The van der Waals surface area contributed by atoms with Gasteiger partial charge in [-0.3, -0.25) is 4.79 Å². The molecule has 0 aliphatic heterocycles. The maximum absolute atomic E-state index is 12.9. The second-order valence-corrected chi connectivity index (χ2v) is 8.21. The molecule has 152 valence electrons. The normalized spacial score (nSPS) is 11.2. The molecule has 0 spiro atoms. The van der Waals surface area contributed by atoms with E-state index in [1.54, 1.807) is 12.1 Å². The first-order chi connectivity index (χ1) is 13.3. The Morgan fingerprint density at radius 2 is 1.89 bits per heavy atom. The van der Waals surface area contributed by atoms with Crippen LogP contribution in [0.5, 0.6) is 5.75 Å². The van der Waals surface area contributed by atoms with E-state index in [4.69, 9.17) is 16.3 Å². The highest BCUT2D eigenvalue weighted by Crippen LogP contribution is 2.27. The zero-order valence-electron chi connectivity index (χ0n) is 15.4. The van der Waals surface area contributed by atoms with Crippen LogP contribution in [0, 0.1) is 5.82 Å². The number of nitrogens with one attached hydrogen (secondary N) is 2. The van der Waals surface area contributed by atoms with Crippen LogP contribution in [0.15, 0.2) is 47.4 Å². The van der Waals surface area contributed by atoms with E-state index in [0.29, 0.717) is 6.54 Å². The van der Waals surface area contributed by atoms with Crippen LogP contribution in [0.25, 0.3) is 0 Å². The van der Waals surface area contributed by atoms with E-state index in [9.17, 15) is 17.6 Å². The van der Waals surface area contributed by atoms with Gasteiger partial charge in [0.05, 0.1) is 9.92 Å². The Hall–Kier alpha value is -2.16. The Balaban J connectivity index is 1.88. The number of hydrogen-bond acceptors (Lipinski definition) is 4. The molecular formula is C19H22ClFN2O4S. The third kappa shape index (κ3) is 6.78. The van der Waals surface area contributed by atoms with E-state index < -0.39 is 15.9 Å². The molecule has 0 aromatic heterocycles. The minimum absolute atomic E-state index is 0.0294. The number of carbonyl (C=O) groups is 1. The number of halogens is 2. The van der Waals surface area contributed by atoms with Crippen molar-refractivity contribution in [3.05, 3.63) is 58.9 Å². The number of amides is 1. The van der Waals surface area contributed by atoms with Gasteiger partial charge in [0.2, 0.25) is 10.0 Å². The highest BCUT2D eigenvalue weighted by Gasteiger charge is 2.16. The number of rotatable bonds is 10. The molecule has 0 radical (unpaired) electrons. The maximum Gasteiger partial charge on any atom is 0.258 e. The summed E-state index contributed by atoms with van der Waals surface area (Å²) in [6.45, 7) is 2.26. The Morgan fingerprint density at radius 3 is 2.54 bits per heavy atom. The highest BCUT2D eigenvalue weighted by molar-refractivity contribution is 7.89. The smallest absolute Gasteiger partial charge is 0.258 e. The quantitative estimate of drug-likeness (QED) is 0.569. The Kier molecular flexibility index (Phi) is 8.22. The van der Waals surface area contributed by atoms with Crippen LogP contribution in [0.3, 0.4) is 0 Å². The minimum atomic E-state index is -3.64. The number of hydrogen-bond donors (Lipinski definition) is 2. The van der Waals surface area contributed by atoms with E-state index in [1.807, 2.05) is 6.92 Å². The van der Waals surface area contributed by atoms with E-state index in [-0.39, 0.29) is 34.6 Å². The summed E-state index contributed by atoms with van der Waals surface area (Å²) in [4.78, 5) is 11.9. The van der Waals surface area contributed by atoms with Crippen molar-refractivity contribution in [1.29, 1.82) is 0 Å². The predicted octanol–water partition coefficient (Wildman–Crippen LogP) is 3.25. The molecule has 2 rings (SSSR count). The second kappa shape index (κ2) is 10.4. The molecule has 0 fully saturated rings. The number of carbonyl (C=O) groups excluding carboxylic acids is 1. The third-order valence-corrected chi connectivity index (χ3v) is 5.55. The summed E-state index contributed by atoms with van der Waals surface area (Å²) in [5.74, 6) is -0.538. The number of sulfonamides is 1. The van der Waals surface area contributed by atoms with Crippen molar-refractivity contribution in [2.24, 2.45) is 0 Å². The van der Waals surface area contributed by atoms with Gasteiger partial charge in [-0.25, -0.2) is 17.5 Å². The first-order valence-electron chi connectivity index (χ1n) is 8.75. The first kappa shape index (κ1) is 22.1. The van der Waals surface area contributed by atoms with Crippen molar-refractivity contribution in [3.8, 4) is 5.75 Å². The van der Waals surface area contributed by atoms with Crippen LogP contribution in [-0.4, -0.2) is 27.5 Å². The van der Waals surface area contributed by atoms with Crippen molar-refractivity contribution >= 4 is 27.5 Å². The lowest BCUT2D eigenvalue weighted by Gasteiger charge is -2.11. The van der Waals surface area contributed by atoms with Crippen molar-refractivity contribution in [3.63, 3.8) is 0 Å². The van der Waals surface area contributed by atoms with Gasteiger partial charge in [-0.05, 0) is 42.3 Å². The SMILES string of the molecule is CCCCNS(=O)(=O)c1ccc(OCC(=O)NCc2ccc(F)cc2)c(Cl)c1. The van der Waals surface area contributed by atoms with Crippen LogP contribution < -0.4 is 14.8 Å². The molecule has 0 atom stereocenters. The molecule has 0 saturated heterocycles. The van der Waals surface area contributed by atoms with Crippen molar-refractivity contribution < 1.29 is 22.3 Å². The monoisotopic (exact) mass is 428 g/mol. The van der Waals surface area contributed by atoms with Crippen molar-refractivity contribution in [1.82, 2.24) is 10.0 Å². The molecule has 0 bridgehead atoms. The summed E-state index contributed by atoms with van der Waals surface area (Å²) in [5.41, 5.74) is 0.748. The highest BCUT2D eigenvalue weighted by atomic mass is 35.5. The van der Waals surface area contributed by atoms with Gasteiger partial charge >= 0.3 is 0 Å². The summed E-state index contributed by atoms with van der Waals surface area (Å²) in [6, 6.07) is 9.81. The molecule has 0 aliphatic rings. The van der Waals surface area contributed by atoms with Gasteiger partial charge in [0.1, 0.15) is 11.6 Å². The van der Waals surface area contributed by atoms with Crippen LogP contribution in [0.2, 0.25) is 5.02 Å². The number of ether oxygens (including phenoxy) is 1. The van der Waals surface area contributed by atoms with Crippen LogP contribution in [-0.2, 0) is 21.4 Å². The molecule has 2 aromatic rings. The third-order valence-electron chi connectivity index (χ3n) is 3.80. The lowest BCUT2D eigenvalue weighted by atomic mass is 10.2. The van der Waals surface area contributed by atoms with E-state index in [2.05, 4.69) is 10.0 Å². The van der Waals surface area contributed by atoms with E-state index >= 15 is 0 Å². The fourth-order valence-corrected chi connectivity index (χ4v) is 3.63. The van der Waals surface area contributed by atoms with Crippen LogP contribution in [0.4, 0.5) is 4.39 Å². The fourth-order valence-electron chi connectivity index (χ4n) is 2.23. The maximum atomic E-state index is 12.9. The summed E-state index contributed by atoms with van der Waals surface area (Å²) < 4.78 is 45.1. The summed E-state index contributed by atoms with van der Waals surface area (Å²) in [5, 5.41) is 2.72. The van der Waals surface area contributed by atoms with E-state index in [0.717, 1.165) is 18.4 Å². The van der Waals surface area contributed by atoms with Crippen LogP contribution >= 0.6 is 11.6 Å². The molecular weight excluding hydrogens is 407 g/mol. The number of benzene rings is 2. The predicted molar refractivity (Wildman–Crippen MR) is 105 cm³/mol. The zero-order chi connectivity index (χ0) is 20.6.